The summed E-state index contributed by atoms with van der Waals surface area (Å²) in [7, 11) is 0. The molecular weight excluding hydrogens is 281 g/mol. The summed E-state index contributed by atoms with van der Waals surface area (Å²) in [6.07, 6.45) is -0.987. The lowest BCUT2D eigenvalue weighted by Crippen LogP contribution is -2.08. The van der Waals surface area contributed by atoms with E-state index in [1.54, 1.807) is 12.2 Å². The molecule has 3 nitrogen and oxygen atoms in total. The highest BCUT2D eigenvalue weighted by atomic mass is 19.4. The molecule has 2 rings (SSSR count). The van der Waals surface area contributed by atoms with Gasteiger partial charge in [0.05, 0.1) is 5.56 Å². The number of nitrogens with two attached hydrogens (primary N) is 1. The van der Waals surface area contributed by atoms with Crippen molar-refractivity contribution in [1.29, 1.82) is 0 Å². The zero-order valence-electron chi connectivity index (χ0n) is 11.0. The fourth-order valence-electron chi connectivity index (χ4n) is 1.65. The van der Waals surface area contributed by atoms with Crippen LogP contribution in [0.1, 0.15) is 11.1 Å². The lowest BCUT2D eigenvalue weighted by atomic mass is 10.2. The molecule has 6 heteroatoms. The highest BCUT2D eigenvalue weighted by Gasteiger charge is 2.31. The lowest BCUT2D eigenvalue weighted by molar-refractivity contribution is -0.137. The number of hydrogen-bond acceptors (Lipinski definition) is 3. The highest BCUT2D eigenvalue weighted by molar-refractivity contribution is 5.48. The van der Waals surface area contributed by atoms with Crippen LogP contribution in [0.25, 0.3) is 6.08 Å². The van der Waals surface area contributed by atoms with Crippen molar-refractivity contribution < 1.29 is 17.9 Å². The van der Waals surface area contributed by atoms with Gasteiger partial charge in [-0.25, -0.2) is 0 Å². The van der Waals surface area contributed by atoms with E-state index in [1.165, 1.54) is 0 Å². The first kappa shape index (κ1) is 14.9. The predicted octanol–water partition coefficient (Wildman–Crippen LogP) is 3.77. The van der Waals surface area contributed by atoms with E-state index >= 15 is 0 Å². The summed E-state index contributed by atoms with van der Waals surface area (Å²) in [6.45, 7) is 0.0998. The van der Waals surface area contributed by atoms with Crippen molar-refractivity contribution in [2.75, 3.05) is 12.3 Å². The van der Waals surface area contributed by atoms with E-state index in [0.29, 0.717) is 0 Å². The number of hydrogen-bond donors (Lipinski definition) is 1. The summed E-state index contributed by atoms with van der Waals surface area (Å²) in [4.78, 5) is 3.71. The second kappa shape index (κ2) is 6.30. The lowest BCUT2D eigenvalue weighted by Gasteiger charge is -2.09. The SMILES string of the molecule is Nc1cc(C(F)(F)F)cc(OC/C=C/c2ccccc2)n1. The third kappa shape index (κ3) is 4.52. The molecule has 2 N–H and O–H groups in total. The predicted molar refractivity (Wildman–Crippen MR) is 74.6 cm³/mol. The van der Waals surface area contributed by atoms with Gasteiger partial charge in [-0.05, 0) is 17.7 Å². The average molecular weight is 294 g/mol. The van der Waals surface area contributed by atoms with Gasteiger partial charge in [0.2, 0.25) is 5.88 Å². The number of alkyl halides is 3. The third-order valence-corrected chi connectivity index (χ3v) is 2.59. The number of nitrogens with zero attached hydrogens (tertiary/aromatic N) is 1. The summed E-state index contributed by atoms with van der Waals surface area (Å²) in [6, 6.07) is 11.1. The second-order valence-corrected chi connectivity index (χ2v) is 4.24. The molecular formula is C15H13F3N2O. The Kier molecular flexibility index (Phi) is 4.47. The highest BCUT2D eigenvalue weighted by Crippen LogP contribution is 2.31. The molecule has 2 aromatic rings. The maximum absolute atomic E-state index is 12.6. The molecule has 1 aromatic heterocycles. The van der Waals surface area contributed by atoms with E-state index in [4.69, 9.17) is 10.5 Å². The van der Waals surface area contributed by atoms with Gasteiger partial charge in [-0.15, -0.1) is 0 Å². The van der Waals surface area contributed by atoms with Crippen molar-refractivity contribution in [1.82, 2.24) is 4.98 Å². The van der Waals surface area contributed by atoms with Crippen molar-refractivity contribution in [3.8, 4) is 5.88 Å². The Balaban J connectivity index is 2.00. The molecule has 110 valence electrons. The first-order valence-corrected chi connectivity index (χ1v) is 6.14. The summed E-state index contributed by atoms with van der Waals surface area (Å²) in [5.74, 6) is -0.382. The van der Waals surface area contributed by atoms with Crippen LogP contribution in [0.4, 0.5) is 19.0 Å². The summed E-state index contributed by atoms with van der Waals surface area (Å²) in [5, 5.41) is 0. The smallest absolute Gasteiger partial charge is 0.416 e. The second-order valence-electron chi connectivity index (χ2n) is 4.24. The minimum Gasteiger partial charge on any atom is -0.473 e. The number of benzene rings is 1. The van der Waals surface area contributed by atoms with Gasteiger partial charge in [-0.3, -0.25) is 0 Å². The normalized spacial score (nSPS) is 11.8. The molecule has 0 radical (unpaired) electrons. The zero-order valence-corrected chi connectivity index (χ0v) is 11.0. The van der Waals surface area contributed by atoms with Crippen LogP contribution < -0.4 is 10.5 Å². The van der Waals surface area contributed by atoms with Gasteiger partial charge < -0.3 is 10.5 Å². The molecule has 0 fully saturated rings. The van der Waals surface area contributed by atoms with Crippen LogP contribution in [0, 0.1) is 0 Å². The number of ether oxygens (including phenoxy) is 1. The number of aromatic nitrogens is 1. The number of nitrogen functional groups attached to an aromatic ring is 1. The Morgan fingerprint density at radius 3 is 2.52 bits per heavy atom. The fourth-order valence-corrected chi connectivity index (χ4v) is 1.65. The maximum atomic E-state index is 12.6. The molecule has 0 aliphatic heterocycles. The van der Waals surface area contributed by atoms with Crippen LogP contribution in [0.15, 0.2) is 48.5 Å². The molecule has 21 heavy (non-hydrogen) atoms. The van der Waals surface area contributed by atoms with Crippen molar-refractivity contribution in [3.05, 3.63) is 59.7 Å². The first-order valence-electron chi connectivity index (χ1n) is 6.14. The molecule has 0 aliphatic carbocycles. The third-order valence-electron chi connectivity index (χ3n) is 2.59. The topological polar surface area (TPSA) is 48.1 Å². The van der Waals surface area contributed by atoms with Crippen LogP contribution >= 0.6 is 0 Å². The Labute approximate surface area is 119 Å². The first-order chi connectivity index (χ1) is 9.95. The van der Waals surface area contributed by atoms with E-state index in [9.17, 15) is 13.2 Å². The fraction of sp³-hybridized carbons (Fsp3) is 0.133. The average Bonchev–Trinajstić information content (AvgIpc) is 2.43. The van der Waals surface area contributed by atoms with Gasteiger partial charge >= 0.3 is 6.18 Å². The van der Waals surface area contributed by atoms with E-state index in [2.05, 4.69) is 4.98 Å². The molecule has 0 saturated heterocycles. The van der Waals surface area contributed by atoms with Crippen LogP contribution in [-0.2, 0) is 6.18 Å². The van der Waals surface area contributed by atoms with E-state index in [-0.39, 0.29) is 18.3 Å². The molecule has 0 bridgehead atoms. The van der Waals surface area contributed by atoms with Crippen LogP contribution in [0.2, 0.25) is 0 Å². The van der Waals surface area contributed by atoms with Crippen LogP contribution in [0.3, 0.4) is 0 Å². The zero-order chi connectivity index (χ0) is 15.3. The van der Waals surface area contributed by atoms with E-state index in [0.717, 1.165) is 17.7 Å². The molecule has 0 amide bonds. The van der Waals surface area contributed by atoms with Crippen molar-refractivity contribution in [2.24, 2.45) is 0 Å². The molecule has 1 aromatic carbocycles. The van der Waals surface area contributed by atoms with Gasteiger partial charge in [0.25, 0.3) is 0 Å². The number of pyridine rings is 1. The van der Waals surface area contributed by atoms with E-state index in [1.807, 2.05) is 30.3 Å². The summed E-state index contributed by atoms with van der Waals surface area (Å²) in [5.41, 5.74) is 5.43. The van der Waals surface area contributed by atoms with Gasteiger partial charge in [0, 0.05) is 6.07 Å². The van der Waals surface area contributed by atoms with Crippen molar-refractivity contribution in [2.45, 2.75) is 6.18 Å². The van der Waals surface area contributed by atoms with Crippen molar-refractivity contribution in [3.63, 3.8) is 0 Å². The van der Waals surface area contributed by atoms with Gasteiger partial charge in [-0.1, -0.05) is 36.4 Å². The molecule has 1 heterocycles. The number of anilines is 1. The Bertz CT molecular complexity index is 625. The van der Waals surface area contributed by atoms with Gasteiger partial charge in [0.15, 0.2) is 0 Å². The molecule has 0 unspecified atom stereocenters. The van der Waals surface area contributed by atoms with Crippen LogP contribution in [0.5, 0.6) is 5.88 Å². The minimum atomic E-state index is -4.48. The summed E-state index contributed by atoms with van der Waals surface area (Å²) < 4.78 is 43.0. The van der Waals surface area contributed by atoms with Gasteiger partial charge in [0.1, 0.15) is 12.4 Å². The largest absolute Gasteiger partial charge is 0.473 e. The Morgan fingerprint density at radius 1 is 1.14 bits per heavy atom. The Morgan fingerprint density at radius 2 is 1.86 bits per heavy atom. The van der Waals surface area contributed by atoms with Crippen LogP contribution in [-0.4, -0.2) is 11.6 Å². The van der Waals surface area contributed by atoms with E-state index < -0.39 is 11.7 Å². The monoisotopic (exact) mass is 294 g/mol. The molecule has 0 spiro atoms. The minimum absolute atomic E-state index is 0.0998. The number of rotatable bonds is 4. The molecule has 0 aliphatic rings. The number of halogens is 3. The summed E-state index contributed by atoms with van der Waals surface area (Å²) >= 11 is 0. The standard InChI is InChI=1S/C15H13F3N2O/c16-15(17,18)12-9-13(19)20-14(10-12)21-8-4-7-11-5-2-1-3-6-11/h1-7,9-10H,8H2,(H2,19,20)/b7-4+. The van der Waals surface area contributed by atoms with Crippen molar-refractivity contribution >= 4 is 11.9 Å². The molecule has 0 atom stereocenters. The van der Waals surface area contributed by atoms with Gasteiger partial charge in [-0.2, -0.15) is 18.2 Å². The molecule has 0 saturated carbocycles. The maximum Gasteiger partial charge on any atom is 0.416 e. The Hall–Kier alpha value is -2.50. The quantitative estimate of drug-likeness (QED) is 0.933.